The van der Waals surface area contributed by atoms with Crippen LogP contribution in [0.4, 0.5) is 0 Å². The highest BCUT2D eigenvalue weighted by atomic mass is 16.5. The van der Waals surface area contributed by atoms with Crippen LogP contribution >= 0.6 is 0 Å². The van der Waals surface area contributed by atoms with Gasteiger partial charge in [-0.1, -0.05) is 20.3 Å². The molecule has 0 aromatic carbocycles. The fraction of sp³-hybridized carbons (Fsp3) is 0.643. The fourth-order valence-electron chi connectivity index (χ4n) is 2.86. The number of pyridine rings is 1. The minimum atomic E-state index is -0.251. The zero-order valence-electron chi connectivity index (χ0n) is 10.9. The van der Waals surface area contributed by atoms with E-state index < -0.39 is 0 Å². The number of aromatic nitrogens is 1. The summed E-state index contributed by atoms with van der Waals surface area (Å²) in [6.07, 6.45) is 7.11. The zero-order valence-corrected chi connectivity index (χ0v) is 10.9. The standard InChI is InChI=1S/C14H22N2O/c1-10-4-5-11(2)14(15,7-10)12-6-13(17-3)9-16-8-12/h6,8-11H,4-5,7,15H2,1-3H3. The zero-order chi connectivity index (χ0) is 12.5. The smallest absolute Gasteiger partial charge is 0.137 e. The Kier molecular flexibility index (Phi) is 3.38. The molecule has 3 heteroatoms. The molecule has 17 heavy (non-hydrogen) atoms. The van der Waals surface area contributed by atoms with Gasteiger partial charge in [-0.3, -0.25) is 4.98 Å². The van der Waals surface area contributed by atoms with Gasteiger partial charge in [-0.2, -0.15) is 0 Å². The number of nitrogens with two attached hydrogens (primary N) is 1. The molecule has 2 rings (SSSR count). The van der Waals surface area contributed by atoms with E-state index in [1.54, 1.807) is 13.3 Å². The van der Waals surface area contributed by atoms with E-state index in [1.807, 2.05) is 12.3 Å². The van der Waals surface area contributed by atoms with E-state index in [-0.39, 0.29) is 5.54 Å². The summed E-state index contributed by atoms with van der Waals surface area (Å²) in [5.41, 5.74) is 7.50. The summed E-state index contributed by atoms with van der Waals surface area (Å²) in [4.78, 5) is 4.23. The lowest BCUT2D eigenvalue weighted by Gasteiger charge is -2.42. The molecule has 3 unspecified atom stereocenters. The van der Waals surface area contributed by atoms with Gasteiger partial charge < -0.3 is 10.5 Å². The van der Waals surface area contributed by atoms with Crippen LogP contribution in [0.1, 0.15) is 38.7 Å². The molecule has 94 valence electrons. The second kappa shape index (κ2) is 4.65. The van der Waals surface area contributed by atoms with E-state index in [0.29, 0.717) is 11.8 Å². The lowest BCUT2D eigenvalue weighted by molar-refractivity contribution is 0.161. The molecule has 1 fully saturated rings. The molecule has 0 aliphatic heterocycles. The predicted molar refractivity (Wildman–Crippen MR) is 68.8 cm³/mol. The molecule has 1 aromatic heterocycles. The average Bonchev–Trinajstić information content (AvgIpc) is 2.34. The van der Waals surface area contributed by atoms with Crippen LogP contribution in [-0.4, -0.2) is 12.1 Å². The van der Waals surface area contributed by atoms with Gasteiger partial charge in [-0.05, 0) is 36.3 Å². The van der Waals surface area contributed by atoms with E-state index in [0.717, 1.165) is 17.7 Å². The largest absolute Gasteiger partial charge is 0.495 e. The maximum atomic E-state index is 6.64. The number of hydrogen-bond donors (Lipinski definition) is 1. The lowest BCUT2D eigenvalue weighted by atomic mass is 9.67. The van der Waals surface area contributed by atoms with E-state index >= 15 is 0 Å². The van der Waals surface area contributed by atoms with Crippen molar-refractivity contribution in [1.29, 1.82) is 0 Å². The average molecular weight is 234 g/mol. The Bertz CT molecular complexity index is 394. The van der Waals surface area contributed by atoms with Gasteiger partial charge in [0.25, 0.3) is 0 Å². The summed E-state index contributed by atoms with van der Waals surface area (Å²) in [5.74, 6) is 1.97. The molecular formula is C14H22N2O. The van der Waals surface area contributed by atoms with Gasteiger partial charge >= 0.3 is 0 Å². The van der Waals surface area contributed by atoms with Crippen LogP contribution in [0.3, 0.4) is 0 Å². The van der Waals surface area contributed by atoms with Gasteiger partial charge in [0.1, 0.15) is 5.75 Å². The minimum absolute atomic E-state index is 0.251. The Morgan fingerprint density at radius 2 is 2.12 bits per heavy atom. The predicted octanol–water partition coefficient (Wildman–Crippen LogP) is 2.70. The van der Waals surface area contributed by atoms with Gasteiger partial charge in [0.2, 0.25) is 0 Å². The van der Waals surface area contributed by atoms with Crippen molar-refractivity contribution in [2.24, 2.45) is 17.6 Å². The molecular weight excluding hydrogens is 212 g/mol. The van der Waals surface area contributed by atoms with Crippen LogP contribution in [0.15, 0.2) is 18.5 Å². The van der Waals surface area contributed by atoms with Crippen molar-refractivity contribution >= 4 is 0 Å². The van der Waals surface area contributed by atoms with Gasteiger partial charge in [0, 0.05) is 11.7 Å². The van der Waals surface area contributed by atoms with Crippen LogP contribution < -0.4 is 10.5 Å². The molecule has 1 heterocycles. The van der Waals surface area contributed by atoms with Crippen LogP contribution in [-0.2, 0) is 5.54 Å². The van der Waals surface area contributed by atoms with E-state index in [4.69, 9.17) is 10.5 Å². The van der Waals surface area contributed by atoms with Crippen molar-refractivity contribution in [3.63, 3.8) is 0 Å². The fourth-order valence-corrected chi connectivity index (χ4v) is 2.86. The Morgan fingerprint density at radius 3 is 2.82 bits per heavy atom. The normalized spacial score (nSPS) is 33.4. The third-order valence-electron chi connectivity index (χ3n) is 4.14. The first-order valence-electron chi connectivity index (χ1n) is 6.34. The Labute approximate surface area is 103 Å². The van der Waals surface area contributed by atoms with E-state index in [9.17, 15) is 0 Å². The molecule has 0 spiro atoms. The molecule has 3 atom stereocenters. The van der Waals surface area contributed by atoms with Gasteiger partial charge in [-0.15, -0.1) is 0 Å². The van der Waals surface area contributed by atoms with Gasteiger partial charge in [0.15, 0.2) is 0 Å². The third-order valence-corrected chi connectivity index (χ3v) is 4.14. The molecule has 0 saturated heterocycles. The highest BCUT2D eigenvalue weighted by Crippen LogP contribution is 2.42. The molecule has 0 amide bonds. The number of methoxy groups -OCH3 is 1. The number of ether oxygens (including phenoxy) is 1. The second-order valence-corrected chi connectivity index (χ2v) is 5.44. The van der Waals surface area contributed by atoms with Crippen molar-refractivity contribution in [2.45, 2.75) is 38.6 Å². The molecule has 2 N–H and O–H groups in total. The highest BCUT2D eigenvalue weighted by Gasteiger charge is 2.38. The second-order valence-electron chi connectivity index (χ2n) is 5.44. The maximum Gasteiger partial charge on any atom is 0.137 e. The monoisotopic (exact) mass is 234 g/mol. The van der Waals surface area contributed by atoms with Crippen molar-refractivity contribution < 1.29 is 4.74 Å². The van der Waals surface area contributed by atoms with Crippen molar-refractivity contribution in [2.75, 3.05) is 7.11 Å². The molecule has 0 radical (unpaired) electrons. The molecule has 1 saturated carbocycles. The molecule has 1 aliphatic carbocycles. The molecule has 1 aliphatic rings. The first kappa shape index (κ1) is 12.4. The lowest BCUT2D eigenvalue weighted by Crippen LogP contribution is -2.47. The van der Waals surface area contributed by atoms with E-state index in [2.05, 4.69) is 18.8 Å². The third kappa shape index (κ3) is 2.29. The van der Waals surface area contributed by atoms with Crippen molar-refractivity contribution in [3.8, 4) is 5.75 Å². The first-order chi connectivity index (χ1) is 8.06. The van der Waals surface area contributed by atoms with E-state index in [1.165, 1.54) is 12.8 Å². The van der Waals surface area contributed by atoms with Crippen molar-refractivity contribution in [3.05, 3.63) is 24.0 Å². The highest BCUT2D eigenvalue weighted by molar-refractivity contribution is 5.30. The summed E-state index contributed by atoms with van der Waals surface area (Å²) >= 11 is 0. The Balaban J connectivity index is 2.34. The van der Waals surface area contributed by atoms with Crippen molar-refractivity contribution in [1.82, 2.24) is 4.98 Å². The number of nitrogens with zero attached hydrogens (tertiary/aromatic N) is 1. The molecule has 3 nitrogen and oxygen atoms in total. The Morgan fingerprint density at radius 1 is 1.35 bits per heavy atom. The SMILES string of the molecule is COc1cncc(C2(N)CC(C)CCC2C)c1. The van der Waals surface area contributed by atoms with Gasteiger partial charge in [0.05, 0.1) is 13.3 Å². The maximum absolute atomic E-state index is 6.64. The summed E-state index contributed by atoms with van der Waals surface area (Å²) in [6, 6.07) is 2.03. The minimum Gasteiger partial charge on any atom is -0.495 e. The Hall–Kier alpha value is -1.09. The van der Waals surface area contributed by atoms with Crippen LogP contribution in [0.2, 0.25) is 0 Å². The summed E-state index contributed by atoms with van der Waals surface area (Å²) in [6.45, 7) is 4.52. The summed E-state index contributed by atoms with van der Waals surface area (Å²) < 4.78 is 5.23. The quantitative estimate of drug-likeness (QED) is 0.856. The number of hydrogen-bond acceptors (Lipinski definition) is 3. The molecule has 1 aromatic rings. The molecule has 0 bridgehead atoms. The van der Waals surface area contributed by atoms with Gasteiger partial charge in [-0.25, -0.2) is 0 Å². The van der Waals surface area contributed by atoms with Crippen LogP contribution in [0, 0.1) is 11.8 Å². The first-order valence-corrected chi connectivity index (χ1v) is 6.34. The van der Waals surface area contributed by atoms with Crippen LogP contribution in [0.25, 0.3) is 0 Å². The summed E-state index contributed by atoms with van der Waals surface area (Å²) in [7, 11) is 1.66. The summed E-state index contributed by atoms with van der Waals surface area (Å²) in [5, 5.41) is 0. The topological polar surface area (TPSA) is 48.1 Å². The van der Waals surface area contributed by atoms with Crippen LogP contribution in [0.5, 0.6) is 5.75 Å². The number of rotatable bonds is 2.